The molecule has 0 amide bonds. The summed E-state index contributed by atoms with van der Waals surface area (Å²) in [7, 11) is 9.86. The van der Waals surface area contributed by atoms with Gasteiger partial charge in [-0.1, -0.05) is 0 Å². The largest absolute Gasteiger partial charge is 0.497 e. The van der Waals surface area contributed by atoms with Crippen LogP contribution in [0.3, 0.4) is 0 Å². The molecule has 0 N–H and O–H groups in total. The van der Waals surface area contributed by atoms with E-state index in [4.69, 9.17) is 9.73 Å². The first-order chi connectivity index (χ1) is 12.0. The number of rotatable bonds is 6. The lowest BCUT2D eigenvalue weighted by molar-refractivity contribution is 0.256. The van der Waals surface area contributed by atoms with E-state index in [1.165, 1.54) is 5.69 Å². The summed E-state index contributed by atoms with van der Waals surface area (Å²) in [4.78, 5) is 13.8. The Balaban J connectivity index is 1.72. The monoisotopic (exact) mass is 347 g/mol. The number of nitrogens with zero attached hydrogens (tertiary/aromatic N) is 5. The number of ether oxygens (including phenoxy) is 1. The number of hydrogen-bond acceptors (Lipinski definition) is 4. The average Bonchev–Trinajstić information content (AvgIpc) is 2.61. The molecule has 25 heavy (non-hydrogen) atoms. The van der Waals surface area contributed by atoms with Crippen molar-refractivity contribution in [2.45, 2.75) is 6.42 Å². The van der Waals surface area contributed by atoms with Crippen LogP contribution in [0, 0.1) is 0 Å². The third kappa shape index (κ3) is 5.81. The summed E-state index contributed by atoms with van der Waals surface area (Å²) in [5, 5.41) is 0. The molecule has 0 unspecified atom stereocenters. The van der Waals surface area contributed by atoms with E-state index in [-0.39, 0.29) is 0 Å². The quantitative estimate of drug-likeness (QED) is 0.444. The average molecular weight is 348 g/mol. The van der Waals surface area contributed by atoms with Gasteiger partial charge in [0.15, 0.2) is 5.96 Å². The Kier molecular flexibility index (Phi) is 7.37. The molecule has 0 atom stereocenters. The van der Waals surface area contributed by atoms with Crippen molar-refractivity contribution in [1.29, 1.82) is 0 Å². The Morgan fingerprint density at radius 1 is 1.00 bits per heavy atom. The van der Waals surface area contributed by atoms with E-state index in [0.717, 1.165) is 57.4 Å². The lowest BCUT2D eigenvalue weighted by Crippen LogP contribution is -2.46. The van der Waals surface area contributed by atoms with Crippen LogP contribution in [0.25, 0.3) is 0 Å². The van der Waals surface area contributed by atoms with Gasteiger partial charge >= 0.3 is 0 Å². The second kappa shape index (κ2) is 9.51. The van der Waals surface area contributed by atoms with Crippen molar-refractivity contribution in [2.75, 3.05) is 79.5 Å². The summed E-state index contributed by atoms with van der Waals surface area (Å²) in [5.74, 6) is 1.95. The number of hydrogen-bond donors (Lipinski definition) is 0. The third-order valence-corrected chi connectivity index (χ3v) is 4.50. The number of piperazine rings is 1. The zero-order chi connectivity index (χ0) is 18.2. The van der Waals surface area contributed by atoms with Gasteiger partial charge in [-0.3, -0.25) is 9.89 Å². The Morgan fingerprint density at radius 2 is 1.60 bits per heavy atom. The van der Waals surface area contributed by atoms with Gasteiger partial charge in [0.25, 0.3) is 0 Å². The zero-order valence-corrected chi connectivity index (χ0v) is 16.4. The fourth-order valence-corrected chi connectivity index (χ4v) is 3.18. The molecule has 0 radical (unpaired) electrons. The maximum Gasteiger partial charge on any atom is 0.195 e. The Morgan fingerprint density at radius 3 is 2.12 bits per heavy atom. The van der Waals surface area contributed by atoms with Gasteiger partial charge in [-0.05, 0) is 30.7 Å². The van der Waals surface area contributed by atoms with Gasteiger partial charge in [-0.2, -0.15) is 0 Å². The number of methoxy groups -OCH3 is 1. The maximum absolute atomic E-state index is 5.23. The lowest BCUT2D eigenvalue weighted by Gasteiger charge is -2.36. The highest BCUT2D eigenvalue weighted by atomic mass is 16.5. The van der Waals surface area contributed by atoms with Crippen molar-refractivity contribution in [3.8, 4) is 5.75 Å². The fourth-order valence-electron chi connectivity index (χ4n) is 3.18. The first-order valence-electron chi connectivity index (χ1n) is 9.01. The Bertz CT molecular complexity index is 523. The molecule has 6 nitrogen and oxygen atoms in total. The van der Waals surface area contributed by atoms with Crippen LogP contribution in [0.15, 0.2) is 29.3 Å². The van der Waals surface area contributed by atoms with E-state index in [9.17, 15) is 0 Å². The van der Waals surface area contributed by atoms with Crippen LogP contribution in [0.1, 0.15) is 6.42 Å². The highest BCUT2D eigenvalue weighted by Gasteiger charge is 2.16. The third-order valence-electron chi connectivity index (χ3n) is 4.50. The van der Waals surface area contributed by atoms with E-state index >= 15 is 0 Å². The maximum atomic E-state index is 5.23. The molecule has 1 saturated heterocycles. The normalized spacial score (nSPS) is 15.0. The Labute approximate surface area is 152 Å². The number of aliphatic imine (C=N–C) groups is 1. The molecule has 1 aromatic carbocycles. The topological polar surface area (TPSA) is 34.6 Å². The summed E-state index contributed by atoms with van der Waals surface area (Å²) in [6.07, 6.45) is 1.10. The van der Waals surface area contributed by atoms with Gasteiger partial charge in [0.1, 0.15) is 5.75 Å². The van der Waals surface area contributed by atoms with Crippen LogP contribution >= 0.6 is 0 Å². The van der Waals surface area contributed by atoms with Crippen molar-refractivity contribution in [1.82, 2.24) is 14.7 Å². The molecule has 0 aromatic heterocycles. The highest BCUT2D eigenvalue weighted by molar-refractivity contribution is 5.79. The lowest BCUT2D eigenvalue weighted by atomic mass is 10.2. The molecule has 2 rings (SSSR count). The first kappa shape index (κ1) is 19.4. The summed E-state index contributed by atoms with van der Waals surface area (Å²) in [5.41, 5.74) is 1.28. The van der Waals surface area contributed by atoms with Crippen LogP contribution in [0.4, 0.5) is 5.69 Å². The van der Waals surface area contributed by atoms with E-state index in [1.807, 2.05) is 40.3 Å². The second-order valence-electron chi connectivity index (χ2n) is 6.85. The molecule has 6 heteroatoms. The van der Waals surface area contributed by atoms with Gasteiger partial charge in [0, 0.05) is 73.1 Å². The fraction of sp³-hybridized carbons (Fsp3) is 0.632. The molecular weight excluding hydrogens is 314 g/mol. The van der Waals surface area contributed by atoms with Crippen LogP contribution in [-0.2, 0) is 0 Å². The molecule has 0 saturated carbocycles. The van der Waals surface area contributed by atoms with Crippen molar-refractivity contribution in [3.63, 3.8) is 0 Å². The molecule has 0 bridgehead atoms. The molecule has 0 spiro atoms. The van der Waals surface area contributed by atoms with Crippen molar-refractivity contribution < 1.29 is 4.74 Å². The Hall–Kier alpha value is -1.95. The van der Waals surface area contributed by atoms with Crippen LogP contribution < -0.4 is 9.64 Å². The minimum absolute atomic E-state index is 0.879. The molecule has 1 aliphatic rings. The van der Waals surface area contributed by atoms with Crippen LogP contribution in [0.2, 0.25) is 0 Å². The van der Waals surface area contributed by atoms with Gasteiger partial charge in [-0.25, -0.2) is 0 Å². The van der Waals surface area contributed by atoms with Crippen LogP contribution in [0.5, 0.6) is 5.75 Å². The van der Waals surface area contributed by atoms with Crippen molar-refractivity contribution >= 4 is 11.6 Å². The molecule has 1 heterocycles. The molecule has 0 aliphatic carbocycles. The summed E-state index contributed by atoms with van der Waals surface area (Å²) >= 11 is 0. The van der Waals surface area contributed by atoms with E-state index in [0.29, 0.717) is 0 Å². The predicted octanol–water partition coefficient (Wildman–Crippen LogP) is 1.69. The van der Waals surface area contributed by atoms with Gasteiger partial charge in [0.2, 0.25) is 0 Å². The summed E-state index contributed by atoms with van der Waals surface area (Å²) in [6.45, 7) is 6.39. The van der Waals surface area contributed by atoms with Gasteiger partial charge in [-0.15, -0.1) is 0 Å². The van der Waals surface area contributed by atoms with Gasteiger partial charge in [0.05, 0.1) is 7.11 Å². The van der Waals surface area contributed by atoms with Crippen molar-refractivity contribution in [3.05, 3.63) is 24.3 Å². The molecule has 1 aromatic rings. The smallest absolute Gasteiger partial charge is 0.195 e. The van der Waals surface area contributed by atoms with Gasteiger partial charge < -0.3 is 19.4 Å². The predicted molar refractivity (Wildman–Crippen MR) is 106 cm³/mol. The van der Waals surface area contributed by atoms with Crippen LogP contribution in [-0.4, -0.2) is 95.2 Å². The summed E-state index contributed by atoms with van der Waals surface area (Å²) < 4.78 is 5.23. The second-order valence-corrected chi connectivity index (χ2v) is 6.85. The number of benzene rings is 1. The standard InChI is InChI=1S/C19H33N5O/c1-21(2)19(22(3)4)20-11-6-12-23-13-15-24(16-14-23)17-7-9-18(25-5)10-8-17/h7-10H,6,11-16H2,1-5H3. The number of anilines is 1. The van der Waals surface area contributed by atoms with E-state index in [1.54, 1.807) is 7.11 Å². The zero-order valence-electron chi connectivity index (χ0n) is 16.4. The summed E-state index contributed by atoms with van der Waals surface area (Å²) in [6, 6.07) is 8.36. The first-order valence-corrected chi connectivity index (χ1v) is 9.01. The minimum atomic E-state index is 0.879. The molecular formula is C19H33N5O. The van der Waals surface area contributed by atoms with E-state index in [2.05, 4.69) is 31.7 Å². The molecule has 1 fully saturated rings. The highest BCUT2D eigenvalue weighted by Crippen LogP contribution is 2.20. The molecule has 1 aliphatic heterocycles. The van der Waals surface area contributed by atoms with E-state index < -0.39 is 0 Å². The minimum Gasteiger partial charge on any atom is -0.497 e. The van der Waals surface area contributed by atoms with Crippen molar-refractivity contribution in [2.24, 2.45) is 4.99 Å². The molecule has 140 valence electrons. The SMILES string of the molecule is COc1ccc(N2CCN(CCCN=C(N(C)C)N(C)C)CC2)cc1. The number of guanidine groups is 1.